The summed E-state index contributed by atoms with van der Waals surface area (Å²) in [7, 11) is 0. The number of furan rings is 1. The van der Waals surface area contributed by atoms with Gasteiger partial charge in [-0.2, -0.15) is 0 Å². The van der Waals surface area contributed by atoms with Crippen LogP contribution in [0.5, 0.6) is 0 Å². The van der Waals surface area contributed by atoms with Crippen LogP contribution in [-0.4, -0.2) is 15.9 Å². The van der Waals surface area contributed by atoms with Gasteiger partial charge in [0.2, 0.25) is 0 Å². The summed E-state index contributed by atoms with van der Waals surface area (Å²) < 4.78 is 6.81. The van der Waals surface area contributed by atoms with Crippen LogP contribution in [0.3, 0.4) is 0 Å². The van der Waals surface area contributed by atoms with Crippen molar-refractivity contribution in [2.45, 2.75) is 93.4 Å². The van der Waals surface area contributed by atoms with E-state index in [1.54, 1.807) is 17.6 Å². The summed E-state index contributed by atoms with van der Waals surface area (Å²) >= 11 is 1.78. The van der Waals surface area contributed by atoms with Gasteiger partial charge < -0.3 is 9.52 Å². The van der Waals surface area contributed by atoms with Crippen LogP contribution in [0.15, 0.2) is 95.4 Å². The number of allylic oxidation sites excluding steroid dienone is 2. The van der Waals surface area contributed by atoms with E-state index < -0.39 is 0 Å². The molecule has 6 aromatic rings. The Labute approximate surface area is 315 Å². The van der Waals surface area contributed by atoms with Gasteiger partial charge >= 0.3 is 0 Å². The van der Waals surface area contributed by atoms with E-state index in [0.717, 1.165) is 58.9 Å². The topological polar surface area (TPSA) is 63.3 Å². The first-order valence-electron chi connectivity index (χ1n) is 17.5. The number of hydrogen-bond donors (Lipinski definition) is 1. The number of ketones is 1. The number of carbonyl (C=O) groups excluding carboxylic acids is 1. The molecule has 265 valence electrons. The molecule has 0 fully saturated rings. The summed E-state index contributed by atoms with van der Waals surface area (Å²) in [5.74, 6) is 0.286. The van der Waals surface area contributed by atoms with Crippen molar-refractivity contribution in [1.82, 2.24) is 4.98 Å². The van der Waals surface area contributed by atoms with Gasteiger partial charge in [0.15, 0.2) is 5.78 Å². The number of aliphatic hydroxyl groups is 1. The summed E-state index contributed by atoms with van der Waals surface area (Å²) in [5.41, 5.74) is 4.86. The van der Waals surface area contributed by atoms with Gasteiger partial charge in [-0.3, -0.25) is 9.78 Å². The summed E-state index contributed by atoms with van der Waals surface area (Å²) in [4.78, 5) is 18.2. The Morgan fingerprint density at radius 1 is 0.860 bits per heavy atom. The Balaban J connectivity index is 0.000000269. The Morgan fingerprint density at radius 3 is 2.20 bits per heavy atom. The molecule has 6 rings (SSSR count). The standard InChI is InChI=1S/C29H22NOS.C15H28O2.Ir/c1-29(2,3)24-15-22(14-19-6-4-5-7-23(19)24)27-28-21(10-12-30-27)17-26(32-28)20-9-8-18-11-13-31-25(18)16-20;1-7-14(5,8-2)12(16)11-13(17)15(6,9-3)10-4;/h4-13,15-17H,1-3H3;11,16H,7-10H2,1-6H3;/q-1;;/b;12-11-;. The van der Waals surface area contributed by atoms with E-state index >= 15 is 0 Å². The number of fused-ring (bicyclic) bond motifs is 3. The van der Waals surface area contributed by atoms with Crippen molar-refractivity contribution in [3.63, 3.8) is 0 Å². The minimum absolute atomic E-state index is 0. The maximum Gasteiger partial charge on any atom is 0.164 e. The number of thiophene rings is 1. The molecule has 0 unspecified atom stereocenters. The van der Waals surface area contributed by atoms with Gasteiger partial charge in [0, 0.05) is 63.9 Å². The molecule has 3 aromatic heterocycles. The maximum absolute atomic E-state index is 12.2. The average molecular weight is 865 g/mol. The number of hydrogen-bond acceptors (Lipinski definition) is 5. The molecule has 1 N–H and O–H groups in total. The van der Waals surface area contributed by atoms with E-state index in [1.165, 1.54) is 32.0 Å². The fourth-order valence-electron chi connectivity index (χ4n) is 6.07. The van der Waals surface area contributed by atoms with E-state index in [4.69, 9.17) is 9.40 Å². The van der Waals surface area contributed by atoms with Gasteiger partial charge in [-0.1, -0.05) is 104 Å². The third-order valence-electron chi connectivity index (χ3n) is 10.6. The Kier molecular flexibility index (Phi) is 12.4. The van der Waals surface area contributed by atoms with Crippen LogP contribution in [0, 0.1) is 16.9 Å². The molecule has 0 atom stereocenters. The van der Waals surface area contributed by atoms with E-state index in [1.807, 2.05) is 53.8 Å². The zero-order valence-electron chi connectivity index (χ0n) is 30.9. The Bertz CT molecular complexity index is 2120. The minimum Gasteiger partial charge on any atom is -0.512 e. The normalized spacial score (nSPS) is 12.5. The van der Waals surface area contributed by atoms with E-state index in [2.05, 4.69) is 87.5 Å². The smallest absolute Gasteiger partial charge is 0.164 e. The van der Waals surface area contributed by atoms with Crippen LogP contribution < -0.4 is 0 Å². The van der Waals surface area contributed by atoms with Crippen molar-refractivity contribution in [2.24, 2.45) is 10.8 Å². The predicted molar refractivity (Wildman–Crippen MR) is 208 cm³/mol. The molecular weight excluding hydrogens is 815 g/mol. The second-order valence-electron chi connectivity index (χ2n) is 14.7. The number of benzene rings is 3. The van der Waals surface area contributed by atoms with Crippen molar-refractivity contribution < 1.29 is 34.4 Å². The number of aliphatic hydroxyl groups excluding tert-OH is 1. The molecule has 0 aliphatic heterocycles. The summed E-state index contributed by atoms with van der Waals surface area (Å²) in [5, 5.41) is 14.9. The van der Waals surface area contributed by atoms with Gasteiger partial charge in [-0.15, -0.1) is 40.5 Å². The molecule has 0 spiro atoms. The maximum atomic E-state index is 12.2. The molecular formula is C44H50IrNO3S-. The molecule has 4 nitrogen and oxygen atoms in total. The molecule has 0 amide bonds. The zero-order chi connectivity index (χ0) is 35.6. The number of carbonyl (C=O) groups is 1. The number of nitrogens with zero attached hydrogens (tertiary/aromatic N) is 1. The minimum atomic E-state index is -0.337. The van der Waals surface area contributed by atoms with Gasteiger partial charge in [0.1, 0.15) is 11.3 Å². The summed E-state index contributed by atoms with van der Waals surface area (Å²) in [6, 6.07) is 27.2. The van der Waals surface area contributed by atoms with Gasteiger partial charge in [0.05, 0.1) is 6.26 Å². The largest absolute Gasteiger partial charge is 0.512 e. The van der Waals surface area contributed by atoms with Crippen molar-refractivity contribution in [3.05, 3.63) is 103 Å². The first kappa shape index (κ1) is 39.2. The molecule has 3 heterocycles. The fraction of sp³-hybridized carbons (Fsp3) is 0.364. The number of aromatic nitrogens is 1. The Hall–Kier alpha value is -3.57. The number of rotatable bonds is 9. The second-order valence-corrected chi connectivity index (χ2v) is 15.7. The second kappa shape index (κ2) is 15.8. The van der Waals surface area contributed by atoms with Gasteiger partial charge in [-0.05, 0) is 66.3 Å². The van der Waals surface area contributed by atoms with Crippen molar-refractivity contribution in [1.29, 1.82) is 0 Å². The molecule has 6 heteroatoms. The summed E-state index contributed by atoms with van der Waals surface area (Å²) in [6.07, 6.45) is 8.40. The Morgan fingerprint density at radius 2 is 1.54 bits per heavy atom. The molecule has 1 radical (unpaired) electrons. The summed E-state index contributed by atoms with van der Waals surface area (Å²) in [6.45, 7) is 18.9. The molecule has 50 heavy (non-hydrogen) atoms. The van der Waals surface area contributed by atoms with Crippen LogP contribution >= 0.6 is 11.3 Å². The van der Waals surface area contributed by atoms with Crippen molar-refractivity contribution in [3.8, 4) is 21.7 Å². The van der Waals surface area contributed by atoms with Crippen LogP contribution in [0.1, 0.15) is 93.6 Å². The zero-order valence-corrected chi connectivity index (χ0v) is 34.1. The fourth-order valence-corrected chi connectivity index (χ4v) is 7.22. The first-order valence-corrected chi connectivity index (χ1v) is 18.4. The molecule has 3 aromatic carbocycles. The van der Waals surface area contributed by atoms with E-state index in [9.17, 15) is 9.90 Å². The average Bonchev–Trinajstić information content (AvgIpc) is 3.77. The van der Waals surface area contributed by atoms with Gasteiger partial charge in [-0.25, -0.2) is 0 Å². The third-order valence-corrected chi connectivity index (χ3v) is 11.8. The van der Waals surface area contributed by atoms with E-state index in [0.29, 0.717) is 0 Å². The molecule has 0 bridgehead atoms. The van der Waals surface area contributed by atoms with Crippen LogP contribution in [-0.2, 0) is 30.3 Å². The van der Waals surface area contributed by atoms with E-state index in [-0.39, 0.29) is 47.9 Å². The molecule has 0 saturated carbocycles. The first-order chi connectivity index (χ1) is 23.3. The van der Waals surface area contributed by atoms with Crippen LogP contribution in [0.25, 0.3) is 53.5 Å². The number of pyridine rings is 1. The molecule has 0 aliphatic carbocycles. The monoisotopic (exact) mass is 865 g/mol. The SMILES string of the molecule is CC(C)(C)c1cc(-c2nccc3cc(-c4ccc5ccoc5c4)sc23)[c-]c2ccccc12.CCC(C)(CC)C(=O)/C=C(\O)C(C)(CC)CC.[Ir]. The third kappa shape index (κ3) is 7.99. The molecule has 0 saturated heterocycles. The molecule has 0 aliphatic rings. The van der Waals surface area contributed by atoms with Crippen molar-refractivity contribution >= 4 is 48.9 Å². The van der Waals surface area contributed by atoms with Crippen LogP contribution in [0.2, 0.25) is 0 Å². The van der Waals surface area contributed by atoms with Crippen LogP contribution in [0.4, 0.5) is 0 Å². The van der Waals surface area contributed by atoms with Gasteiger partial charge in [0.25, 0.3) is 0 Å². The van der Waals surface area contributed by atoms with Crippen molar-refractivity contribution in [2.75, 3.05) is 0 Å². The quantitative estimate of drug-likeness (QED) is 0.0893. The predicted octanol–water partition coefficient (Wildman–Crippen LogP) is 13.3.